The molecule has 0 aromatic heterocycles. The molecule has 1 aromatic carbocycles. The zero-order valence-electron chi connectivity index (χ0n) is 10.1. The smallest absolute Gasteiger partial charge is 0.124 e. The van der Waals surface area contributed by atoms with Crippen molar-refractivity contribution in [1.29, 1.82) is 0 Å². The Morgan fingerprint density at radius 2 is 2.00 bits per heavy atom. The van der Waals surface area contributed by atoms with Gasteiger partial charge in [-0.05, 0) is 36.6 Å². The molecule has 2 unspecified atom stereocenters. The van der Waals surface area contributed by atoms with Gasteiger partial charge in [0.25, 0.3) is 0 Å². The first kappa shape index (κ1) is 13.7. The van der Waals surface area contributed by atoms with Crippen LogP contribution in [-0.4, -0.2) is 6.04 Å². The highest BCUT2D eigenvalue weighted by molar-refractivity contribution is 9.10. The molecular formula is C13H19BrFN. The molecule has 0 amide bonds. The van der Waals surface area contributed by atoms with Gasteiger partial charge in [0.2, 0.25) is 0 Å². The molecule has 90 valence electrons. The van der Waals surface area contributed by atoms with E-state index in [-0.39, 0.29) is 5.82 Å². The highest BCUT2D eigenvalue weighted by atomic mass is 79.9. The molecular weight excluding hydrogens is 269 g/mol. The summed E-state index contributed by atoms with van der Waals surface area (Å²) in [4.78, 5) is 0. The van der Waals surface area contributed by atoms with Crippen LogP contribution in [0.15, 0.2) is 22.7 Å². The molecule has 0 bridgehead atoms. The summed E-state index contributed by atoms with van der Waals surface area (Å²) >= 11 is 3.29. The lowest BCUT2D eigenvalue weighted by Crippen LogP contribution is -2.31. The van der Waals surface area contributed by atoms with Gasteiger partial charge in [-0.2, -0.15) is 0 Å². The van der Waals surface area contributed by atoms with Crippen molar-refractivity contribution < 1.29 is 4.39 Å². The van der Waals surface area contributed by atoms with Crippen molar-refractivity contribution in [3.63, 3.8) is 0 Å². The zero-order valence-corrected chi connectivity index (χ0v) is 11.6. The van der Waals surface area contributed by atoms with Crippen LogP contribution in [0.4, 0.5) is 4.39 Å². The topological polar surface area (TPSA) is 12.0 Å². The van der Waals surface area contributed by atoms with Crippen molar-refractivity contribution in [3.05, 3.63) is 34.1 Å². The van der Waals surface area contributed by atoms with Gasteiger partial charge < -0.3 is 5.32 Å². The minimum atomic E-state index is -0.192. The van der Waals surface area contributed by atoms with Crippen molar-refractivity contribution in [2.75, 3.05) is 0 Å². The molecule has 0 spiro atoms. The third-order valence-corrected chi connectivity index (χ3v) is 3.51. The Morgan fingerprint density at radius 3 is 2.56 bits per heavy atom. The monoisotopic (exact) mass is 287 g/mol. The van der Waals surface area contributed by atoms with E-state index in [0.29, 0.717) is 18.5 Å². The summed E-state index contributed by atoms with van der Waals surface area (Å²) in [5, 5.41) is 3.42. The average molecular weight is 288 g/mol. The molecule has 0 radical (unpaired) electrons. The van der Waals surface area contributed by atoms with Crippen LogP contribution in [0, 0.1) is 11.7 Å². The summed E-state index contributed by atoms with van der Waals surface area (Å²) in [5.74, 6) is 0.444. The van der Waals surface area contributed by atoms with E-state index in [4.69, 9.17) is 0 Å². The Morgan fingerprint density at radius 1 is 1.31 bits per heavy atom. The van der Waals surface area contributed by atoms with E-state index < -0.39 is 0 Å². The van der Waals surface area contributed by atoms with Crippen molar-refractivity contribution in [2.24, 2.45) is 5.92 Å². The molecule has 1 N–H and O–H groups in total. The van der Waals surface area contributed by atoms with Gasteiger partial charge in [-0.15, -0.1) is 0 Å². The van der Waals surface area contributed by atoms with Gasteiger partial charge in [0.05, 0.1) is 0 Å². The van der Waals surface area contributed by atoms with Gasteiger partial charge in [0.15, 0.2) is 0 Å². The maximum absolute atomic E-state index is 13.1. The SMILES string of the molecule is CCC(C)C(C)NCc1cc(F)cc(Br)c1. The van der Waals surface area contributed by atoms with Gasteiger partial charge in [0.1, 0.15) is 5.82 Å². The molecule has 0 aliphatic rings. The largest absolute Gasteiger partial charge is 0.310 e. The predicted molar refractivity (Wildman–Crippen MR) is 69.9 cm³/mol. The highest BCUT2D eigenvalue weighted by Crippen LogP contribution is 2.15. The molecule has 0 fully saturated rings. The van der Waals surface area contributed by atoms with Crippen molar-refractivity contribution in [3.8, 4) is 0 Å². The van der Waals surface area contributed by atoms with Crippen LogP contribution in [0.5, 0.6) is 0 Å². The van der Waals surface area contributed by atoms with Crippen LogP contribution >= 0.6 is 15.9 Å². The lowest BCUT2D eigenvalue weighted by molar-refractivity contribution is 0.389. The predicted octanol–water partition coefficient (Wildman–Crippen LogP) is 4.11. The van der Waals surface area contributed by atoms with Gasteiger partial charge in [-0.1, -0.05) is 36.2 Å². The Labute approximate surface area is 106 Å². The van der Waals surface area contributed by atoms with E-state index in [2.05, 4.69) is 42.0 Å². The van der Waals surface area contributed by atoms with Gasteiger partial charge in [-0.3, -0.25) is 0 Å². The molecule has 0 aliphatic heterocycles. The van der Waals surface area contributed by atoms with Crippen LogP contribution < -0.4 is 5.32 Å². The van der Waals surface area contributed by atoms with Crippen LogP contribution in [0.1, 0.15) is 32.8 Å². The number of hydrogen-bond acceptors (Lipinski definition) is 1. The van der Waals surface area contributed by atoms with E-state index in [9.17, 15) is 4.39 Å². The average Bonchev–Trinajstić information content (AvgIpc) is 2.23. The molecule has 1 aromatic rings. The second-order valence-corrected chi connectivity index (χ2v) is 5.25. The van der Waals surface area contributed by atoms with E-state index in [1.165, 1.54) is 6.07 Å². The fourth-order valence-corrected chi connectivity index (χ4v) is 2.06. The Hall–Kier alpha value is -0.410. The van der Waals surface area contributed by atoms with Crippen LogP contribution in [0.25, 0.3) is 0 Å². The number of hydrogen-bond donors (Lipinski definition) is 1. The van der Waals surface area contributed by atoms with Crippen molar-refractivity contribution in [2.45, 2.75) is 39.8 Å². The molecule has 2 atom stereocenters. The van der Waals surface area contributed by atoms with Gasteiger partial charge in [0, 0.05) is 17.1 Å². The molecule has 0 saturated carbocycles. The van der Waals surface area contributed by atoms with Gasteiger partial charge >= 0.3 is 0 Å². The summed E-state index contributed by atoms with van der Waals surface area (Å²) in [5.41, 5.74) is 0.974. The quantitative estimate of drug-likeness (QED) is 0.859. The molecule has 0 aliphatic carbocycles. The summed E-state index contributed by atoms with van der Waals surface area (Å²) in [6.45, 7) is 7.28. The zero-order chi connectivity index (χ0) is 12.1. The number of benzene rings is 1. The van der Waals surface area contributed by atoms with Gasteiger partial charge in [-0.25, -0.2) is 4.39 Å². The summed E-state index contributed by atoms with van der Waals surface area (Å²) < 4.78 is 13.9. The van der Waals surface area contributed by atoms with Crippen LogP contribution in [0.2, 0.25) is 0 Å². The Bertz CT molecular complexity index is 320. The number of halogens is 2. The number of rotatable bonds is 5. The first-order valence-electron chi connectivity index (χ1n) is 5.71. The summed E-state index contributed by atoms with van der Waals surface area (Å²) in [6, 6.07) is 5.44. The molecule has 1 nitrogen and oxygen atoms in total. The molecule has 16 heavy (non-hydrogen) atoms. The fourth-order valence-electron chi connectivity index (χ4n) is 1.55. The summed E-state index contributed by atoms with van der Waals surface area (Å²) in [6.07, 6.45) is 1.15. The Kier molecular flexibility index (Phi) is 5.42. The first-order chi connectivity index (χ1) is 7.52. The van der Waals surface area contributed by atoms with E-state index in [0.717, 1.165) is 16.5 Å². The van der Waals surface area contributed by atoms with Crippen LogP contribution in [-0.2, 0) is 6.54 Å². The Balaban J connectivity index is 2.54. The van der Waals surface area contributed by atoms with Crippen LogP contribution in [0.3, 0.4) is 0 Å². The highest BCUT2D eigenvalue weighted by Gasteiger charge is 2.09. The maximum Gasteiger partial charge on any atom is 0.124 e. The molecule has 0 heterocycles. The van der Waals surface area contributed by atoms with E-state index in [1.54, 1.807) is 6.07 Å². The lowest BCUT2D eigenvalue weighted by Gasteiger charge is -2.20. The standard InChI is InChI=1S/C13H19BrFN/c1-4-9(2)10(3)16-8-11-5-12(14)7-13(15)6-11/h5-7,9-10,16H,4,8H2,1-3H3. The van der Waals surface area contributed by atoms with Crippen molar-refractivity contribution in [1.82, 2.24) is 5.32 Å². The molecule has 1 rings (SSSR count). The number of nitrogens with one attached hydrogen (secondary N) is 1. The third kappa shape index (κ3) is 4.22. The normalized spacial score (nSPS) is 14.8. The fraction of sp³-hybridized carbons (Fsp3) is 0.538. The molecule has 0 saturated heterocycles. The third-order valence-electron chi connectivity index (χ3n) is 3.05. The second-order valence-electron chi connectivity index (χ2n) is 4.33. The minimum absolute atomic E-state index is 0.192. The van der Waals surface area contributed by atoms with E-state index >= 15 is 0 Å². The molecule has 3 heteroatoms. The van der Waals surface area contributed by atoms with Crippen molar-refractivity contribution >= 4 is 15.9 Å². The maximum atomic E-state index is 13.1. The lowest BCUT2D eigenvalue weighted by atomic mass is 10.0. The van der Waals surface area contributed by atoms with E-state index in [1.807, 2.05) is 6.07 Å². The summed E-state index contributed by atoms with van der Waals surface area (Å²) in [7, 11) is 0. The first-order valence-corrected chi connectivity index (χ1v) is 6.50. The second kappa shape index (κ2) is 6.36. The minimum Gasteiger partial charge on any atom is -0.310 e.